The van der Waals surface area contributed by atoms with Gasteiger partial charge in [0, 0.05) is 18.6 Å². The highest BCUT2D eigenvalue weighted by Gasteiger charge is 2.34. The first-order valence-corrected chi connectivity index (χ1v) is 7.89. The molecule has 0 amide bonds. The number of rotatable bonds is 3. The average molecular weight is 274 g/mol. The van der Waals surface area contributed by atoms with Crippen LogP contribution in [0.15, 0.2) is 18.2 Å². The van der Waals surface area contributed by atoms with Gasteiger partial charge >= 0.3 is 0 Å². The van der Waals surface area contributed by atoms with Crippen molar-refractivity contribution in [1.29, 1.82) is 0 Å². The third-order valence-corrected chi connectivity index (χ3v) is 5.20. The number of methoxy groups -OCH3 is 1. The van der Waals surface area contributed by atoms with Gasteiger partial charge in [0.25, 0.3) is 0 Å². The van der Waals surface area contributed by atoms with Gasteiger partial charge in [-0.2, -0.15) is 0 Å². The van der Waals surface area contributed by atoms with Gasteiger partial charge in [-0.1, -0.05) is 19.4 Å². The maximum absolute atomic E-state index is 6.57. The highest BCUT2D eigenvalue weighted by molar-refractivity contribution is 5.40. The lowest BCUT2D eigenvalue weighted by atomic mass is 9.83. The van der Waals surface area contributed by atoms with E-state index in [0.717, 1.165) is 18.1 Å². The summed E-state index contributed by atoms with van der Waals surface area (Å²) in [6.07, 6.45) is 4.94. The highest BCUT2D eigenvalue weighted by Crippen LogP contribution is 2.35. The Labute approximate surface area is 122 Å². The summed E-state index contributed by atoms with van der Waals surface area (Å²) in [5.41, 5.74) is 9.26. The summed E-state index contributed by atoms with van der Waals surface area (Å²) >= 11 is 0. The van der Waals surface area contributed by atoms with E-state index in [4.69, 9.17) is 10.5 Å². The lowest BCUT2D eigenvalue weighted by Gasteiger charge is -2.37. The molecule has 1 fully saturated rings. The van der Waals surface area contributed by atoms with E-state index in [-0.39, 0.29) is 6.04 Å². The van der Waals surface area contributed by atoms with Gasteiger partial charge in [-0.05, 0) is 55.0 Å². The predicted octanol–water partition coefficient (Wildman–Crippen LogP) is 2.74. The minimum atomic E-state index is 0.153. The Kier molecular flexibility index (Phi) is 3.99. The van der Waals surface area contributed by atoms with Crippen LogP contribution in [0.5, 0.6) is 5.75 Å². The normalized spacial score (nSPS) is 30.2. The van der Waals surface area contributed by atoms with Gasteiger partial charge in [0.1, 0.15) is 5.75 Å². The Morgan fingerprint density at radius 2 is 2.20 bits per heavy atom. The van der Waals surface area contributed by atoms with Crippen LogP contribution in [-0.2, 0) is 6.42 Å². The number of benzene rings is 1. The van der Waals surface area contributed by atoms with Crippen molar-refractivity contribution >= 4 is 0 Å². The molecule has 110 valence electrons. The van der Waals surface area contributed by atoms with Gasteiger partial charge in [-0.25, -0.2) is 0 Å². The van der Waals surface area contributed by atoms with Gasteiger partial charge in [-0.3, -0.25) is 4.90 Å². The van der Waals surface area contributed by atoms with Gasteiger partial charge in [0.05, 0.1) is 7.11 Å². The molecule has 0 radical (unpaired) electrons. The molecule has 3 rings (SSSR count). The maximum Gasteiger partial charge on any atom is 0.119 e. The van der Waals surface area contributed by atoms with Gasteiger partial charge in [0.15, 0.2) is 0 Å². The van der Waals surface area contributed by atoms with Crippen LogP contribution < -0.4 is 10.5 Å². The summed E-state index contributed by atoms with van der Waals surface area (Å²) in [6, 6.07) is 7.04. The van der Waals surface area contributed by atoms with Crippen LogP contribution in [0, 0.1) is 5.92 Å². The minimum Gasteiger partial charge on any atom is -0.497 e. The fourth-order valence-electron chi connectivity index (χ4n) is 3.85. The molecule has 0 saturated carbocycles. The summed E-state index contributed by atoms with van der Waals surface area (Å²) in [6.45, 7) is 4.76. The topological polar surface area (TPSA) is 38.5 Å². The van der Waals surface area contributed by atoms with Crippen LogP contribution in [0.4, 0.5) is 0 Å². The Hall–Kier alpha value is -1.06. The van der Waals surface area contributed by atoms with E-state index >= 15 is 0 Å². The third kappa shape index (κ3) is 2.45. The lowest BCUT2D eigenvalue weighted by Crippen LogP contribution is -2.44. The molecule has 1 aromatic rings. The first kappa shape index (κ1) is 13.9. The first-order valence-electron chi connectivity index (χ1n) is 7.89. The van der Waals surface area contributed by atoms with Crippen molar-refractivity contribution in [2.45, 2.75) is 44.7 Å². The Morgan fingerprint density at radius 1 is 1.35 bits per heavy atom. The predicted molar refractivity (Wildman–Crippen MR) is 82.0 cm³/mol. The minimum absolute atomic E-state index is 0.153. The van der Waals surface area contributed by atoms with Crippen molar-refractivity contribution in [3.8, 4) is 5.75 Å². The van der Waals surface area contributed by atoms with Crippen LogP contribution in [-0.4, -0.2) is 31.1 Å². The molecular weight excluding hydrogens is 248 g/mol. The zero-order valence-electron chi connectivity index (χ0n) is 12.6. The monoisotopic (exact) mass is 274 g/mol. The second-order valence-electron chi connectivity index (χ2n) is 6.25. The summed E-state index contributed by atoms with van der Waals surface area (Å²) in [4.78, 5) is 2.63. The van der Waals surface area contributed by atoms with Crippen molar-refractivity contribution in [1.82, 2.24) is 4.90 Å². The molecule has 20 heavy (non-hydrogen) atoms. The maximum atomic E-state index is 6.57. The standard InChI is InChI=1S/C17H26N2O/c1-3-12-8-9-19(11-12)16-7-4-13-10-14(20-2)5-6-15(13)17(16)18/h5-6,10,12,16-17H,3-4,7-9,11,18H2,1-2H3. The molecule has 1 heterocycles. The molecule has 0 bridgehead atoms. The molecule has 1 aromatic carbocycles. The first-order chi connectivity index (χ1) is 9.72. The molecule has 0 spiro atoms. The second-order valence-corrected chi connectivity index (χ2v) is 6.25. The zero-order chi connectivity index (χ0) is 14.1. The lowest BCUT2D eigenvalue weighted by molar-refractivity contribution is 0.184. The van der Waals surface area contributed by atoms with E-state index in [2.05, 4.69) is 24.0 Å². The van der Waals surface area contributed by atoms with Crippen molar-refractivity contribution in [2.75, 3.05) is 20.2 Å². The molecule has 3 unspecified atom stereocenters. The molecule has 2 aliphatic rings. The molecule has 1 saturated heterocycles. The smallest absolute Gasteiger partial charge is 0.119 e. The van der Waals surface area contributed by atoms with Crippen LogP contribution in [0.2, 0.25) is 0 Å². The number of likely N-dealkylation sites (tertiary alicyclic amines) is 1. The van der Waals surface area contributed by atoms with E-state index in [1.54, 1.807) is 7.11 Å². The van der Waals surface area contributed by atoms with E-state index < -0.39 is 0 Å². The fraction of sp³-hybridized carbons (Fsp3) is 0.647. The number of aryl methyl sites for hydroxylation is 1. The largest absolute Gasteiger partial charge is 0.497 e. The van der Waals surface area contributed by atoms with Crippen LogP contribution >= 0.6 is 0 Å². The van der Waals surface area contributed by atoms with Crippen molar-refractivity contribution < 1.29 is 4.74 Å². The number of fused-ring (bicyclic) bond motifs is 1. The number of hydrogen-bond donors (Lipinski definition) is 1. The van der Waals surface area contributed by atoms with Gasteiger partial charge in [0.2, 0.25) is 0 Å². The zero-order valence-corrected chi connectivity index (χ0v) is 12.6. The quantitative estimate of drug-likeness (QED) is 0.921. The summed E-state index contributed by atoms with van der Waals surface area (Å²) in [5.74, 6) is 1.82. The Balaban J connectivity index is 1.77. The van der Waals surface area contributed by atoms with Crippen LogP contribution in [0.25, 0.3) is 0 Å². The number of hydrogen-bond acceptors (Lipinski definition) is 3. The summed E-state index contributed by atoms with van der Waals surface area (Å²) in [5, 5.41) is 0. The second kappa shape index (κ2) is 5.74. The van der Waals surface area contributed by atoms with Crippen LogP contribution in [0.1, 0.15) is 43.4 Å². The molecule has 1 aliphatic carbocycles. The van der Waals surface area contributed by atoms with E-state index in [1.807, 2.05) is 6.07 Å². The Morgan fingerprint density at radius 3 is 2.90 bits per heavy atom. The van der Waals surface area contributed by atoms with Crippen molar-refractivity contribution in [3.05, 3.63) is 29.3 Å². The number of nitrogens with zero attached hydrogens (tertiary/aromatic N) is 1. The summed E-state index contributed by atoms with van der Waals surface area (Å²) < 4.78 is 5.32. The molecule has 3 heteroatoms. The molecule has 3 atom stereocenters. The molecule has 0 aromatic heterocycles. The third-order valence-electron chi connectivity index (χ3n) is 5.20. The van der Waals surface area contributed by atoms with E-state index in [0.29, 0.717) is 6.04 Å². The molecule has 1 aliphatic heterocycles. The van der Waals surface area contributed by atoms with E-state index in [1.165, 1.54) is 43.5 Å². The van der Waals surface area contributed by atoms with E-state index in [9.17, 15) is 0 Å². The number of nitrogens with two attached hydrogens (primary N) is 1. The molecule has 3 nitrogen and oxygen atoms in total. The summed E-state index contributed by atoms with van der Waals surface area (Å²) in [7, 11) is 1.72. The van der Waals surface area contributed by atoms with Gasteiger partial charge < -0.3 is 10.5 Å². The average Bonchev–Trinajstić information content (AvgIpc) is 2.96. The molecular formula is C17H26N2O. The SMILES string of the molecule is CCC1CCN(C2CCc3cc(OC)ccc3C2N)C1. The highest BCUT2D eigenvalue weighted by atomic mass is 16.5. The van der Waals surface area contributed by atoms with Crippen molar-refractivity contribution in [3.63, 3.8) is 0 Å². The fourth-order valence-corrected chi connectivity index (χ4v) is 3.85. The van der Waals surface area contributed by atoms with Crippen LogP contribution in [0.3, 0.4) is 0 Å². The molecule has 2 N–H and O–H groups in total. The van der Waals surface area contributed by atoms with Crippen molar-refractivity contribution in [2.24, 2.45) is 11.7 Å². The Bertz CT molecular complexity index is 474. The van der Waals surface area contributed by atoms with Gasteiger partial charge in [-0.15, -0.1) is 0 Å². The number of ether oxygens (including phenoxy) is 1.